The first-order valence-electron chi connectivity index (χ1n) is 10.0. The zero-order valence-electron chi connectivity index (χ0n) is 17.8. The van der Waals surface area contributed by atoms with Crippen molar-refractivity contribution in [2.45, 2.75) is 30.9 Å². The number of aryl methyl sites for hydroxylation is 2. The number of para-hydroxylation sites is 1. The zero-order chi connectivity index (χ0) is 22.2. The predicted molar refractivity (Wildman–Crippen MR) is 127 cm³/mol. The van der Waals surface area contributed by atoms with Gasteiger partial charge in [-0.3, -0.25) is 9.59 Å². The average Bonchev–Trinajstić information content (AvgIpc) is 2.76. The molecule has 0 aliphatic carbocycles. The Labute approximate surface area is 187 Å². The number of hydrogen-bond donors (Lipinski definition) is 2. The molecule has 5 nitrogen and oxygen atoms in total. The van der Waals surface area contributed by atoms with E-state index < -0.39 is 0 Å². The lowest BCUT2D eigenvalue weighted by atomic mass is 10.1. The van der Waals surface area contributed by atoms with E-state index in [1.54, 1.807) is 12.1 Å². The molecule has 3 aromatic carbocycles. The normalized spacial score (nSPS) is 11.5. The van der Waals surface area contributed by atoms with E-state index in [4.69, 9.17) is 4.74 Å². The second kappa shape index (κ2) is 10.7. The van der Waals surface area contributed by atoms with Crippen LogP contribution in [0.25, 0.3) is 0 Å². The minimum atomic E-state index is -0.299. The van der Waals surface area contributed by atoms with Crippen LogP contribution in [-0.2, 0) is 9.59 Å². The highest BCUT2D eigenvalue weighted by atomic mass is 32.2. The van der Waals surface area contributed by atoms with Gasteiger partial charge in [0.1, 0.15) is 5.75 Å². The number of benzene rings is 3. The standard InChI is InChI=1S/C25H26N2O3S/c1-17-12-13-18(2)23(14-17)27-25(29)19(3)31-22-11-7-8-20(15-22)26-24(28)16-30-21-9-5-4-6-10-21/h4-15,19H,16H2,1-3H3,(H,26,28)(H,27,29). The van der Waals surface area contributed by atoms with Gasteiger partial charge in [-0.25, -0.2) is 0 Å². The van der Waals surface area contributed by atoms with Crippen molar-refractivity contribution in [1.29, 1.82) is 0 Å². The highest BCUT2D eigenvalue weighted by molar-refractivity contribution is 8.00. The summed E-state index contributed by atoms with van der Waals surface area (Å²) in [7, 11) is 0. The lowest BCUT2D eigenvalue weighted by Gasteiger charge is -2.15. The minimum Gasteiger partial charge on any atom is -0.484 e. The molecule has 3 rings (SSSR count). The third kappa shape index (κ3) is 6.89. The molecule has 6 heteroatoms. The summed E-state index contributed by atoms with van der Waals surface area (Å²) in [5, 5.41) is 5.54. The molecular formula is C25H26N2O3S. The van der Waals surface area contributed by atoms with Gasteiger partial charge in [0.05, 0.1) is 5.25 Å². The summed E-state index contributed by atoms with van der Waals surface area (Å²) < 4.78 is 5.47. The lowest BCUT2D eigenvalue weighted by Crippen LogP contribution is -2.23. The summed E-state index contributed by atoms with van der Waals surface area (Å²) in [4.78, 5) is 25.7. The van der Waals surface area contributed by atoms with Gasteiger partial charge in [-0.05, 0) is 68.3 Å². The van der Waals surface area contributed by atoms with Crippen LogP contribution in [0, 0.1) is 13.8 Å². The summed E-state index contributed by atoms with van der Waals surface area (Å²) in [6.07, 6.45) is 0. The number of nitrogens with one attached hydrogen (secondary N) is 2. The van der Waals surface area contributed by atoms with E-state index in [9.17, 15) is 9.59 Å². The van der Waals surface area contributed by atoms with Gasteiger partial charge in [0.2, 0.25) is 5.91 Å². The highest BCUT2D eigenvalue weighted by Crippen LogP contribution is 2.27. The van der Waals surface area contributed by atoms with E-state index in [1.165, 1.54) is 11.8 Å². The first kappa shape index (κ1) is 22.4. The van der Waals surface area contributed by atoms with E-state index in [1.807, 2.05) is 81.4 Å². The Balaban J connectivity index is 1.54. The van der Waals surface area contributed by atoms with E-state index in [0.717, 1.165) is 21.7 Å². The summed E-state index contributed by atoms with van der Waals surface area (Å²) in [6, 6.07) is 22.6. The Bertz CT molecular complexity index is 1050. The van der Waals surface area contributed by atoms with Crippen molar-refractivity contribution in [3.8, 4) is 5.75 Å². The molecule has 0 fully saturated rings. The smallest absolute Gasteiger partial charge is 0.262 e. The van der Waals surface area contributed by atoms with Crippen LogP contribution in [0.1, 0.15) is 18.1 Å². The van der Waals surface area contributed by atoms with Gasteiger partial charge >= 0.3 is 0 Å². The topological polar surface area (TPSA) is 67.4 Å². The number of ether oxygens (including phenoxy) is 1. The summed E-state index contributed by atoms with van der Waals surface area (Å²) in [5.41, 5.74) is 3.62. The van der Waals surface area contributed by atoms with Gasteiger partial charge < -0.3 is 15.4 Å². The van der Waals surface area contributed by atoms with E-state index in [0.29, 0.717) is 11.4 Å². The van der Waals surface area contributed by atoms with Gasteiger partial charge in [0, 0.05) is 16.3 Å². The fourth-order valence-corrected chi connectivity index (χ4v) is 3.80. The van der Waals surface area contributed by atoms with Crippen LogP contribution in [0.15, 0.2) is 77.7 Å². The van der Waals surface area contributed by atoms with Crippen molar-refractivity contribution < 1.29 is 14.3 Å². The zero-order valence-corrected chi connectivity index (χ0v) is 18.7. The van der Waals surface area contributed by atoms with Crippen molar-refractivity contribution in [1.82, 2.24) is 0 Å². The second-order valence-corrected chi connectivity index (χ2v) is 8.66. The maximum atomic E-state index is 12.6. The van der Waals surface area contributed by atoms with Gasteiger partial charge in [-0.1, -0.05) is 36.4 Å². The number of anilines is 2. The Morgan fingerprint density at radius 3 is 2.48 bits per heavy atom. The molecule has 0 radical (unpaired) electrons. The van der Waals surface area contributed by atoms with E-state index >= 15 is 0 Å². The maximum Gasteiger partial charge on any atom is 0.262 e. The molecule has 0 saturated heterocycles. The van der Waals surface area contributed by atoms with E-state index in [-0.39, 0.29) is 23.7 Å². The largest absolute Gasteiger partial charge is 0.484 e. The fourth-order valence-electron chi connectivity index (χ4n) is 2.87. The minimum absolute atomic E-state index is 0.0654. The number of thioether (sulfide) groups is 1. The van der Waals surface area contributed by atoms with Crippen LogP contribution in [0.4, 0.5) is 11.4 Å². The van der Waals surface area contributed by atoms with Gasteiger partial charge in [-0.15, -0.1) is 11.8 Å². The number of carbonyl (C=O) groups is 2. The summed E-state index contributed by atoms with van der Waals surface area (Å²) in [5.74, 6) is 0.335. The van der Waals surface area contributed by atoms with Crippen LogP contribution < -0.4 is 15.4 Å². The van der Waals surface area contributed by atoms with Gasteiger partial charge in [0.15, 0.2) is 6.61 Å². The SMILES string of the molecule is Cc1ccc(C)c(NC(=O)C(C)Sc2cccc(NC(=O)COc3ccccc3)c2)c1. The number of rotatable bonds is 8. The van der Waals surface area contributed by atoms with Gasteiger partial charge in [-0.2, -0.15) is 0 Å². The van der Waals surface area contributed by atoms with Crippen LogP contribution >= 0.6 is 11.8 Å². The molecule has 0 spiro atoms. The van der Waals surface area contributed by atoms with Crippen molar-refractivity contribution in [3.05, 3.63) is 83.9 Å². The first-order chi connectivity index (χ1) is 14.9. The molecule has 0 aliphatic rings. The molecule has 2 amide bonds. The Morgan fingerprint density at radius 2 is 1.71 bits per heavy atom. The first-order valence-corrected chi connectivity index (χ1v) is 10.9. The van der Waals surface area contributed by atoms with E-state index in [2.05, 4.69) is 10.6 Å². The van der Waals surface area contributed by atoms with Crippen LogP contribution in [0.3, 0.4) is 0 Å². The molecule has 0 heterocycles. The monoisotopic (exact) mass is 434 g/mol. The molecule has 1 unspecified atom stereocenters. The van der Waals surface area contributed by atoms with Crippen LogP contribution in [0.2, 0.25) is 0 Å². The van der Waals surface area contributed by atoms with Crippen molar-refractivity contribution in [3.63, 3.8) is 0 Å². The second-order valence-electron chi connectivity index (χ2n) is 7.25. The third-order valence-corrected chi connectivity index (χ3v) is 5.66. The lowest BCUT2D eigenvalue weighted by molar-refractivity contribution is -0.118. The molecule has 0 aromatic heterocycles. The highest BCUT2D eigenvalue weighted by Gasteiger charge is 2.16. The van der Waals surface area contributed by atoms with Gasteiger partial charge in [0.25, 0.3) is 5.91 Å². The predicted octanol–water partition coefficient (Wildman–Crippen LogP) is 5.44. The summed E-state index contributed by atoms with van der Waals surface area (Å²) in [6.45, 7) is 5.76. The molecular weight excluding hydrogens is 408 g/mol. The molecule has 0 aliphatic heterocycles. The molecule has 2 N–H and O–H groups in total. The molecule has 160 valence electrons. The quantitative estimate of drug-likeness (QED) is 0.463. The van der Waals surface area contributed by atoms with Crippen molar-refractivity contribution >= 4 is 35.0 Å². The fraction of sp³-hybridized carbons (Fsp3) is 0.200. The number of carbonyl (C=O) groups excluding carboxylic acids is 2. The molecule has 0 bridgehead atoms. The maximum absolute atomic E-state index is 12.6. The van der Waals surface area contributed by atoms with Crippen LogP contribution in [0.5, 0.6) is 5.75 Å². The molecule has 3 aromatic rings. The number of hydrogen-bond acceptors (Lipinski definition) is 4. The van der Waals surface area contributed by atoms with Crippen molar-refractivity contribution in [2.24, 2.45) is 0 Å². The third-order valence-electron chi connectivity index (χ3n) is 4.56. The average molecular weight is 435 g/mol. The van der Waals surface area contributed by atoms with Crippen molar-refractivity contribution in [2.75, 3.05) is 17.2 Å². The number of amides is 2. The Kier molecular flexibility index (Phi) is 7.73. The van der Waals surface area contributed by atoms with Crippen LogP contribution in [-0.4, -0.2) is 23.7 Å². The molecule has 1 atom stereocenters. The summed E-state index contributed by atoms with van der Waals surface area (Å²) >= 11 is 1.44. The Morgan fingerprint density at radius 1 is 0.935 bits per heavy atom. The Hall–Kier alpha value is -3.25. The molecule has 31 heavy (non-hydrogen) atoms. The molecule has 0 saturated carbocycles.